The Morgan fingerprint density at radius 1 is 0.793 bits per heavy atom. The van der Waals surface area contributed by atoms with E-state index < -0.39 is 23.6 Å². The molecule has 1 N–H and O–H groups in total. The summed E-state index contributed by atoms with van der Waals surface area (Å²) < 4.78 is 0. The second kappa shape index (κ2) is 7.00. The summed E-state index contributed by atoms with van der Waals surface area (Å²) in [4.78, 5) is 50.8. The highest BCUT2D eigenvalue weighted by molar-refractivity contribution is 6.40. The fraction of sp³-hybridized carbons (Fsp3) is 0. The molecule has 3 aromatic carbocycles. The summed E-state index contributed by atoms with van der Waals surface area (Å²) in [6.45, 7) is 0. The lowest BCUT2D eigenvalue weighted by Gasteiger charge is -2.17. The van der Waals surface area contributed by atoms with Crippen molar-refractivity contribution < 1.29 is 24.3 Å². The molecule has 142 valence electrons. The topological polar surface area (TPSA) is 91.8 Å². The van der Waals surface area contributed by atoms with Crippen molar-refractivity contribution in [3.63, 3.8) is 0 Å². The minimum absolute atomic E-state index is 0.00404. The van der Waals surface area contributed by atoms with Crippen molar-refractivity contribution in [1.82, 2.24) is 0 Å². The van der Waals surface area contributed by atoms with Gasteiger partial charge in [0.15, 0.2) is 5.78 Å². The quantitative estimate of drug-likeness (QED) is 0.521. The maximum absolute atomic E-state index is 12.9. The molecule has 1 heterocycles. The molecule has 0 radical (unpaired) electrons. The Hall–Kier alpha value is -3.77. The van der Waals surface area contributed by atoms with Crippen LogP contribution >= 0.6 is 11.6 Å². The summed E-state index contributed by atoms with van der Waals surface area (Å²) in [6.07, 6.45) is 0. The molecule has 0 fully saturated rings. The number of carboxylic acids is 1. The predicted molar refractivity (Wildman–Crippen MR) is 106 cm³/mol. The van der Waals surface area contributed by atoms with Crippen molar-refractivity contribution >= 4 is 40.9 Å². The summed E-state index contributed by atoms with van der Waals surface area (Å²) in [7, 11) is 0. The predicted octanol–water partition coefficient (Wildman–Crippen LogP) is 4.07. The van der Waals surface area contributed by atoms with Gasteiger partial charge in [0.05, 0.1) is 27.4 Å². The smallest absolute Gasteiger partial charge is 0.336 e. The first kappa shape index (κ1) is 18.6. The number of carboxylic acid groups (broad SMARTS) is 1. The zero-order chi connectivity index (χ0) is 20.7. The fourth-order valence-corrected chi connectivity index (χ4v) is 3.46. The van der Waals surface area contributed by atoms with Crippen molar-refractivity contribution in [2.75, 3.05) is 4.90 Å². The van der Waals surface area contributed by atoms with E-state index in [2.05, 4.69) is 0 Å². The van der Waals surface area contributed by atoms with Gasteiger partial charge in [0.25, 0.3) is 11.8 Å². The Labute approximate surface area is 170 Å². The van der Waals surface area contributed by atoms with Crippen LogP contribution in [0.2, 0.25) is 5.02 Å². The van der Waals surface area contributed by atoms with E-state index in [1.165, 1.54) is 36.4 Å². The number of fused-ring (bicyclic) bond motifs is 1. The first-order valence-electron chi connectivity index (χ1n) is 8.54. The monoisotopic (exact) mass is 405 g/mol. The number of rotatable bonds is 4. The number of ketones is 1. The van der Waals surface area contributed by atoms with Crippen molar-refractivity contribution in [3.8, 4) is 0 Å². The van der Waals surface area contributed by atoms with E-state index >= 15 is 0 Å². The Morgan fingerprint density at radius 2 is 1.34 bits per heavy atom. The lowest BCUT2D eigenvalue weighted by atomic mass is 9.98. The van der Waals surface area contributed by atoms with Crippen LogP contribution in [0.5, 0.6) is 0 Å². The molecule has 6 nitrogen and oxygen atoms in total. The van der Waals surface area contributed by atoms with Gasteiger partial charge in [0.1, 0.15) is 0 Å². The summed E-state index contributed by atoms with van der Waals surface area (Å²) in [5, 5.41) is 9.44. The Kier molecular flexibility index (Phi) is 4.48. The maximum atomic E-state index is 12.9. The Bertz CT molecular complexity index is 1180. The van der Waals surface area contributed by atoms with Crippen LogP contribution in [0.3, 0.4) is 0 Å². The van der Waals surface area contributed by atoms with E-state index in [0.717, 1.165) is 4.90 Å². The molecule has 0 saturated carbocycles. The number of anilines is 1. The minimum Gasteiger partial charge on any atom is -0.478 e. The highest BCUT2D eigenvalue weighted by atomic mass is 35.5. The Balaban J connectivity index is 1.79. The molecule has 7 heteroatoms. The van der Waals surface area contributed by atoms with E-state index in [4.69, 9.17) is 11.6 Å². The molecule has 0 spiro atoms. The number of nitrogens with zero attached hydrogens (tertiary/aromatic N) is 1. The van der Waals surface area contributed by atoms with Gasteiger partial charge in [-0.15, -0.1) is 0 Å². The van der Waals surface area contributed by atoms with Crippen LogP contribution in [0.25, 0.3) is 0 Å². The summed E-state index contributed by atoms with van der Waals surface area (Å²) in [5.74, 6) is -2.87. The van der Waals surface area contributed by atoms with E-state index in [1.807, 2.05) is 0 Å². The van der Waals surface area contributed by atoms with Gasteiger partial charge >= 0.3 is 5.97 Å². The standard InChI is InChI=1S/C22H12ClNO5/c23-17-10-9-12(19(25)13-5-1-4-8-16(13)22(28)29)11-18(17)24-20(26)14-6-2-3-7-15(14)21(24)27/h1-11H,(H,28,29). The second-order valence-electron chi connectivity index (χ2n) is 6.34. The van der Waals surface area contributed by atoms with Gasteiger partial charge in [-0.3, -0.25) is 14.4 Å². The van der Waals surface area contributed by atoms with Gasteiger partial charge in [-0.05, 0) is 36.4 Å². The van der Waals surface area contributed by atoms with E-state index in [9.17, 15) is 24.3 Å². The molecule has 1 aliphatic heterocycles. The third-order valence-corrected chi connectivity index (χ3v) is 4.97. The van der Waals surface area contributed by atoms with Gasteiger partial charge in [0.2, 0.25) is 0 Å². The molecule has 0 atom stereocenters. The lowest BCUT2D eigenvalue weighted by Crippen LogP contribution is -2.29. The number of benzene rings is 3. The van der Waals surface area contributed by atoms with Gasteiger partial charge in [-0.1, -0.05) is 41.9 Å². The number of carbonyl (C=O) groups excluding carboxylic acids is 3. The molecular weight excluding hydrogens is 394 g/mol. The average molecular weight is 406 g/mol. The van der Waals surface area contributed by atoms with Crippen LogP contribution in [0, 0.1) is 0 Å². The molecule has 0 aromatic heterocycles. The third kappa shape index (κ3) is 2.99. The van der Waals surface area contributed by atoms with Crippen LogP contribution < -0.4 is 4.90 Å². The number of hydrogen-bond donors (Lipinski definition) is 1. The molecule has 2 amide bonds. The molecule has 3 aromatic rings. The number of hydrogen-bond acceptors (Lipinski definition) is 4. The third-order valence-electron chi connectivity index (χ3n) is 4.65. The van der Waals surface area contributed by atoms with Gasteiger partial charge < -0.3 is 5.11 Å². The molecule has 0 saturated heterocycles. The normalized spacial score (nSPS) is 12.8. The molecule has 0 aliphatic carbocycles. The van der Waals surface area contributed by atoms with Crippen molar-refractivity contribution in [2.24, 2.45) is 0 Å². The SMILES string of the molecule is O=C(O)c1ccccc1C(=O)c1ccc(Cl)c(N2C(=O)c3ccccc3C2=O)c1. The molecule has 0 bridgehead atoms. The van der Waals surface area contributed by atoms with Crippen LogP contribution in [0.15, 0.2) is 66.7 Å². The molecular formula is C22H12ClNO5. The van der Waals surface area contributed by atoms with E-state index in [1.54, 1.807) is 30.3 Å². The molecule has 29 heavy (non-hydrogen) atoms. The first-order valence-corrected chi connectivity index (χ1v) is 8.92. The highest BCUT2D eigenvalue weighted by Crippen LogP contribution is 2.34. The fourth-order valence-electron chi connectivity index (χ4n) is 3.26. The first-order chi connectivity index (χ1) is 13.9. The number of amides is 2. The zero-order valence-electron chi connectivity index (χ0n) is 14.8. The number of imide groups is 1. The summed E-state index contributed by atoms with van der Waals surface area (Å²) in [5.41, 5.74) is 0.527. The average Bonchev–Trinajstić information content (AvgIpc) is 2.98. The lowest BCUT2D eigenvalue weighted by molar-refractivity contribution is 0.0692. The van der Waals surface area contributed by atoms with Crippen molar-refractivity contribution in [1.29, 1.82) is 0 Å². The number of carbonyl (C=O) groups is 4. The van der Waals surface area contributed by atoms with Crippen LogP contribution in [-0.4, -0.2) is 28.7 Å². The van der Waals surface area contributed by atoms with Crippen molar-refractivity contribution in [3.05, 3.63) is 99.6 Å². The Morgan fingerprint density at radius 3 is 1.93 bits per heavy atom. The largest absolute Gasteiger partial charge is 0.478 e. The van der Waals surface area contributed by atoms with Gasteiger partial charge in [-0.2, -0.15) is 0 Å². The second-order valence-corrected chi connectivity index (χ2v) is 6.74. The summed E-state index contributed by atoms with van der Waals surface area (Å²) >= 11 is 6.23. The molecule has 0 unspecified atom stereocenters. The van der Waals surface area contributed by atoms with Crippen LogP contribution in [0.1, 0.15) is 47.0 Å². The van der Waals surface area contributed by atoms with Crippen molar-refractivity contribution in [2.45, 2.75) is 0 Å². The summed E-state index contributed by atoms with van der Waals surface area (Å²) in [6, 6.07) is 16.3. The highest BCUT2D eigenvalue weighted by Gasteiger charge is 2.37. The minimum atomic E-state index is -1.23. The van der Waals surface area contributed by atoms with E-state index in [-0.39, 0.29) is 38.5 Å². The van der Waals surface area contributed by atoms with Gasteiger partial charge in [0, 0.05) is 11.1 Å². The van der Waals surface area contributed by atoms with E-state index in [0.29, 0.717) is 0 Å². The van der Waals surface area contributed by atoms with Crippen LogP contribution in [0.4, 0.5) is 5.69 Å². The molecule has 1 aliphatic rings. The molecule has 4 rings (SSSR count). The number of halogens is 1. The van der Waals surface area contributed by atoms with Crippen LogP contribution in [-0.2, 0) is 0 Å². The van der Waals surface area contributed by atoms with Gasteiger partial charge in [-0.25, -0.2) is 9.69 Å². The maximum Gasteiger partial charge on any atom is 0.336 e. The number of aromatic carboxylic acids is 1. The zero-order valence-corrected chi connectivity index (χ0v) is 15.5.